The molecule has 0 fully saturated rings. The van der Waals surface area contributed by atoms with Crippen molar-refractivity contribution in [2.24, 2.45) is 0 Å². The second-order valence-corrected chi connectivity index (χ2v) is 6.04. The maximum atomic E-state index is 13.3. The van der Waals surface area contributed by atoms with Crippen molar-refractivity contribution in [2.45, 2.75) is 7.43 Å². The van der Waals surface area contributed by atoms with E-state index in [0.29, 0.717) is 22.8 Å². The highest BCUT2D eigenvalue weighted by molar-refractivity contribution is 6.13. The lowest BCUT2D eigenvalue weighted by Gasteiger charge is -2.11. The predicted molar refractivity (Wildman–Crippen MR) is 110 cm³/mol. The summed E-state index contributed by atoms with van der Waals surface area (Å²) in [4.78, 5) is 17.4. The van der Waals surface area contributed by atoms with Crippen molar-refractivity contribution in [2.75, 3.05) is 14.2 Å². The molecule has 0 unspecified atom stereocenters. The molecule has 0 aliphatic heterocycles. The number of benzene rings is 1. The molecule has 0 aliphatic rings. The molecule has 1 aromatic carbocycles. The molecule has 4 aromatic rings. The molecule has 0 saturated carbocycles. The molecule has 3 aromatic heterocycles. The van der Waals surface area contributed by atoms with E-state index in [0.717, 1.165) is 16.6 Å². The maximum absolute atomic E-state index is 13.3. The number of pyridine rings is 2. The normalized spacial score (nSPS) is 10.4. The van der Waals surface area contributed by atoms with Crippen molar-refractivity contribution >= 4 is 11.3 Å². The van der Waals surface area contributed by atoms with Crippen molar-refractivity contribution in [3.05, 3.63) is 84.4 Å². The molecular weight excluding hydrogens is 352 g/mol. The van der Waals surface area contributed by atoms with Gasteiger partial charge in [-0.1, -0.05) is 13.5 Å². The Morgan fingerprint density at radius 2 is 1.82 bits per heavy atom. The first-order valence-corrected chi connectivity index (χ1v) is 8.50. The van der Waals surface area contributed by atoms with E-state index in [4.69, 9.17) is 9.47 Å². The fourth-order valence-electron chi connectivity index (χ4n) is 3.22. The number of hydrogen-bond donors (Lipinski definition) is 0. The minimum atomic E-state index is -0.0952. The van der Waals surface area contributed by atoms with Crippen LogP contribution in [0.5, 0.6) is 11.5 Å². The number of ketones is 1. The van der Waals surface area contributed by atoms with Crippen molar-refractivity contribution in [3.8, 4) is 22.6 Å². The zero-order chi connectivity index (χ0) is 18.8. The Hall–Kier alpha value is -3.60. The third kappa shape index (κ3) is 3.22. The molecule has 5 nitrogen and oxygen atoms in total. The Labute approximate surface area is 164 Å². The first-order valence-electron chi connectivity index (χ1n) is 8.50. The zero-order valence-electron chi connectivity index (χ0n) is 15.0. The van der Waals surface area contributed by atoms with Crippen LogP contribution in [0.15, 0.2) is 73.2 Å². The number of ether oxygens (including phenoxy) is 2. The van der Waals surface area contributed by atoms with Crippen molar-refractivity contribution in [1.29, 1.82) is 0 Å². The highest BCUT2D eigenvalue weighted by Gasteiger charge is 2.22. The molecule has 142 valence electrons. The summed E-state index contributed by atoms with van der Waals surface area (Å²) in [6.45, 7) is 0. The second kappa shape index (κ2) is 7.96. The van der Waals surface area contributed by atoms with Crippen LogP contribution in [-0.4, -0.2) is 29.4 Å². The summed E-state index contributed by atoms with van der Waals surface area (Å²) < 4.78 is 12.8. The minimum Gasteiger partial charge on any atom is -0.497 e. The van der Waals surface area contributed by atoms with Gasteiger partial charge in [-0.3, -0.25) is 9.78 Å². The van der Waals surface area contributed by atoms with E-state index < -0.39 is 0 Å². The van der Waals surface area contributed by atoms with Gasteiger partial charge in [0.25, 0.3) is 0 Å². The summed E-state index contributed by atoms with van der Waals surface area (Å²) in [5, 5.41) is 0. The van der Waals surface area contributed by atoms with Gasteiger partial charge in [-0.25, -0.2) is 0 Å². The van der Waals surface area contributed by atoms with Gasteiger partial charge in [0.05, 0.1) is 14.2 Å². The fraction of sp³-hybridized carbons (Fsp3) is 0.130. The zero-order valence-corrected chi connectivity index (χ0v) is 15.0. The number of methoxy groups -OCH3 is 2. The summed E-state index contributed by atoms with van der Waals surface area (Å²) in [6.07, 6.45) is 5.12. The fourth-order valence-corrected chi connectivity index (χ4v) is 3.22. The largest absolute Gasteiger partial charge is 0.497 e. The lowest BCUT2D eigenvalue weighted by atomic mass is 10.00. The molecule has 5 heteroatoms. The monoisotopic (exact) mass is 374 g/mol. The minimum absolute atomic E-state index is 0. The molecular formula is C23H22N2O3. The highest BCUT2D eigenvalue weighted by Crippen LogP contribution is 2.37. The number of carbonyl (C=O) groups is 1. The first-order chi connectivity index (χ1) is 13.2. The van der Waals surface area contributed by atoms with Gasteiger partial charge in [-0.05, 0) is 42.5 Å². The van der Waals surface area contributed by atoms with Crippen LogP contribution >= 0.6 is 0 Å². The molecule has 0 bridgehead atoms. The van der Waals surface area contributed by atoms with Crippen molar-refractivity contribution in [1.82, 2.24) is 9.38 Å². The lowest BCUT2D eigenvalue weighted by Crippen LogP contribution is -2.07. The van der Waals surface area contributed by atoms with Gasteiger partial charge in [-0.2, -0.15) is 0 Å². The summed E-state index contributed by atoms with van der Waals surface area (Å²) >= 11 is 0. The Morgan fingerprint density at radius 1 is 0.964 bits per heavy atom. The van der Waals surface area contributed by atoms with E-state index in [1.807, 2.05) is 53.1 Å². The number of hydrogen-bond acceptors (Lipinski definition) is 4. The summed E-state index contributed by atoms with van der Waals surface area (Å²) in [5.74, 6) is 1.24. The first kappa shape index (κ1) is 19.2. The van der Waals surface area contributed by atoms with Crippen LogP contribution in [0.3, 0.4) is 0 Å². The van der Waals surface area contributed by atoms with Crippen molar-refractivity contribution in [3.63, 3.8) is 0 Å². The average Bonchev–Trinajstić information content (AvgIpc) is 3.12. The van der Waals surface area contributed by atoms with E-state index in [1.54, 1.807) is 38.7 Å². The summed E-state index contributed by atoms with van der Waals surface area (Å²) in [7, 11) is 3.22. The third-order valence-electron chi connectivity index (χ3n) is 4.52. The molecule has 4 rings (SSSR count). The van der Waals surface area contributed by atoms with Crippen LogP contribution in [0, 0.1) is 0 Å². The van der Waals surface area contributed by atoms with E-state index in [2.05, 4.69) is 4.98 Å². The summed E-state index contributed by atoms with van der Waals surface area (Å²) in [6, 6.07) is 16.9. The molecule has 0 atom stereocenters. The van der Waals surface area contributed by atoms with Crippen LogP contribution in [-0.2, 0) is 0 Å². The van der Waals surface area contributed by atoms with E-state index in [1.165, 1.54) is 0 Å². The van der Waals surface area contributed by atoms with Gasteiger partial charge >= 0.3 is 0 Å². The third-order valence-corrected chi connectivity index (χ3v) is 4.52. The molecule has 3 heterocycles. The molecule has 0 radical (unpaired) electrons. The lowest BCUT2D eigenvalue weighted by molar-refractivity contribution is 0.103. The Morgan fingerprint density at radius 3 is 2.54 bits per heavy atom. The maximum Gasteiger partial charge on any atom is 0.211 e. The van der Waals surface area contributed by atoms with Gasteiger partial charge in [0, 0.05) is 46.9 Å². The van der Waals surface area contributed by atoms with Gasteiger partial charge in [-0.15, -0.1) is 0 Å². The second-order valence-electron chi connectivity index (χ2n) is 6.04. The molecule has 28 heavy (non-hydrogen) atoms. The van der Waals surface area contributed by atoms with Gasteiger partial charge in [0.1, 0.15) is 17.2 Å². The quantitative estimate of drug-likeness (QED) is 0.467. The standard InChI is InChI=1S/C22H18N2O3.CH4/c1-26-17-8-9-18(20(13-17)27-2)19-12-16-7-3-4-11-24(16)21(19)22(25)15-6-5-10-23-14-15;/h3-14H,1-2H3;1H4. The summed E-state index contributed by atoms with van der Waals surface area (Å²) in [5.41, 5.74) is 3.67. The average molecular weight is 374 g/mol. The van der Waals surface area contributed by atoms with Crippen LogP contribution in [0.25, 0.3) is 16.6 Å². The number of nitrogens with zero attached hydrogens (tertiary/aromatic N) is 2. The van der Waals surface area contributed by atoms with Crippen LogP contribution in [0.2, 0.25) is 0 Å². The van der Waals surface area contributed by atoms with Crippen LogP contribution in [0.1, 0.15) is 23.5 Å². The Balaban J connectivity index is 0.00000225. The molecule has 0 spiro atoms. The molecule has 0 N–H and O–H groups in total. The van der Waals surface area contributed by atoms with Crippen molar-refractivity contribution < 1.29 is 14.3 Å². The van der Waals surface area contributed by atoms with E-state index in [-0.39, 0.29) is 13.2 Å². The van der Waals surface area contributed by atoms with E-state index in [9.17, 15) is 4.79 Å². The highest BCUT2D eigenvalue weighted by atomic mass is 16.5. The number of carbonyl (C=O) groups excluding carboxylic acids is 1. The molecule has 0 amide bonds. The van der Waals surface area contributed by atoms with Crippen LogP contribution < -0.4 is 9.47 Å². The Bertz CT molecular complexity index is 1120. The van der Waals surface area contributed by atoms with Gasteiger partial charge < -0.3 is 13.9 Å². The topological polar surface area (TPSA) is 52.8 Å². The number of rotatable bonds is 5. The van der Waals surface area contributed by atoms with Crippen LogP contribution in [0.4, 0.5) is 0 Å². The molecule has 0 saturated heterocycles. The van der Waals surface area contributed by atoms with Gasteiger partial charge in [0.2, 0.25) is 5.78 Å². The SMILES string of the molecule is C.COc1ccc(-c2cc3ccccn3c2C(=O)c2cccnc2)c(OC)c1. The predicted octanol–water partition coefficient (Wildman–Crippen LogP) is 4.89. The Kier molecular flexibility index (Phi) is 5.45. The molecule has 0 aliphatic carbocycles. The number of aromatic nitrogens is 2. The number of fused-ring (bicyclic) bond motifs is 1. The van der Waals surface area contributed by atoms with E-state index >= 15 is 0 Å². The van der Waals surface area contributed by atoms with Gasteiger partial charge in [0.15, 0.2) is 0 Å². The smallest absolute Gasteiger partial charge is 0.211 e.